The van der Waals surface area contributed by atoms with E-state index in [1.807, 2.05) is 72.8 Å². The second-order valence-corrected chi connectivity index (χ2v) is 4.87. The van der Waals surface area contributed by atoms with Gasteiger partial charge in [0.25, 0.3) is 0 Å². The van der Waals surface area contributed by atoms with Crippen molar-refractivity contribution in [3.05, 3.63) is 83.9 Å². The topological polar surface area (TPSA) is 40.5 Å². The Morgan fingerprint density at radius 1 is 0.600 bits per heavy atom. The molecule has 0 saturated heterocycles. The summed E-state index contributed by atoms with van der Waals surface area (Å²) in [5.41, 5.74) is 1.47. The molecule has 0 amide bonds. The van der Waals surface area contributed by atoms with Gasteiger partial charge in [0.2, 0.25) is 0 Å². The van der Waals surface area contributed by atoms with Crippen LogP contribution in [0.1, 0.15) is 23.3 Å². The Morgan fingerprint density at radius 2 is 1.25 bits per heavy atom. The third kappa shape index (κ3) is 2.31. The van der Waals surface area contributed by atoms with Gasteiger partial charge in [0.1, 0.15) is 12.2 Å². The molecule has 0 fully saturated rings. The van der Waals surface area contributed by atoms with E-state index in [0.717, 1.165) is 16.3 Å². The highest BCUT2D eigenvalue weighted by Gasteiger charge is 2.21. The van der Waals surface area contributed by atoms with E-state index in [1.54, 1.807) is 0 Å². The van der Waals surface area contributed by atoms with E-state index in [2.05, 4.69) is 0 Å². The predicted octanol–water partition coefficient (Wildman–Crippen LogP) is 3.61. The van der Waals surface area contributed by atoms with Gasteiger partial charge in [0, 0.05) is 0 Å². The van der Waals surface area contributed by atoms with E-state index < -0.39 is 12.2 Å². The van der Waals surface area contributed by atoms with Gasteiger partial charge in [-0.1, -0.05) is 72.8 Å². The molecular formula is C18H16O2. The van der Waals surface area contributed by atoms with E-state index in [1.165, 1.54) is 0 Å². The fraction of sp³-hybridized carbons (Fsp3) is 0.111. The standard InChI is InChI=1S/C18H16O2/c19-17(14-8-2-1-3-9-14)18(20)16-12-6-10-13-7-4-5-11-15(13)16/h1-12,17-20H/t17-,18-/m1/s1. The van der Waals surface area contributed by atoms with Crippen LogP contribution in [0.5, 0.6) is 0 Å². The van der Waals surface area contributed by atoms with Crippen molar-refractivity contribution in [3.63, 3.8) is 0 Å². The second kappa shape index (κ2) is 5.45. The van der Waals surface area contributed by atoms with Crippen molar-refractivity contribution < 1.29 is 10.2 Å². The van der Waals surface area contributed by atoms with Gasteiger partial charge in [-0.2, -0.15) is 0 Å². The Hall–Kier alpha value is -2.16. The average Bonchev–Trinajstić information content (AvgIpc) is 2.54. The van der Waals surface area contributed by atoms with Gasteiger partial charge in [0.15, 0.2) is 0 Å². The highest BCUT2D eigenvalue weighted by molar-refractivity contribution is 5.86. The molecule has 0 unspecified atom stereocenters. The van der Waals surface area contributed by atoms with Crippen molar-refractivity contribution in [1.82, 2.24) is 0 Å². The average molecular weight is 264 g/mol. The number of fused-ring (bicyclic) bond motifs is 1. The second-order valence-electron chi connectivity index (χ2n) is 4.87. The maximum atomic E-state index is 10.5. The van der Waals surface area contributed by atoms with Gasteiger partial charge in [-0.3, -0.25) is 0 Å². The van der Waals surface area contributed by atoms with Gasteiger partial charge < -0.3 is 10.2 Å². The first kappa shape index (κ1) is 12.9. The Bertz CT molecular complexity index is 701. The SMILES string of the molecule is O[C@H](c1ccccc1)[C@H](O)c1cccc2ccccc12. The third-order valence-electron chi connectivity index (χ3n) is 3.58. The molecule has 0 aromatic heterocycles. The maximum absolute atomic E-state index is 10.5. The Morgan fingerprint density at radius 3 is 2.05 bits per heavy atom. The van der Waals surface area contributed by atoms with Crippen LogP contribution in [0.4, 0.5) is 0 Å². The lowest BCUT2D eigenvalue weighted by Crippen LogP contribution is -2.10. The zero-order valence-electron chi connectivity index (χ0n) is 11.0. The van der Waals surface area contributed by atoms with Crippen LogP contribution in [0.2, 0.25) is 0 Å². The summed E-state index contributed by atoms with van der Waals surface area (Å²) in [6, 6.07) is 22.9. The molecule has 0 radical (unpaired) electrons. The minimum atomic E-state index is -0.941. The van der Waals surface area contributed by atoms with Gasteiger partial charge in [-0.05, 0) is 21.9 Å². The zero-order valence-corrected chi connectivity index (χ0v) is 11.0. The molecule has 3 aromatic carbocycles. The van der Waals surface area contributed by atoms with Crippen molar-refractivity contribution >= 4 is 10.8 Å². The summed E-state index contributed by atoms with van der Waals surface area (Å²) in [4.78, 5) is 0. The van der Waals surface area contributed by atoms with Crippen LogP contribution in [0, 0.1) is 0 Å². The summed E-state index contributed by atoms with van der Waals surface area (Å²) in [5.74, 6) is 0. The largest absolute Gasteiger partial charge is 0.385 e. The fourth-order valence-electron chi connectivity index (χ4n) is 2.51. The van der Waals surface area contributed by atoms with Crippen LogP contribution in [-0.4, -0.2) is 10.2 Å². The van der Waals surface area contributed by atoms with Gasteiger partial charge in [0.05, 0.1) is 0 Å². The van der Waals surface area contributed by atoms with Crippen molar-refractivity contribution in [2.75, 3.05) is 0 Å². The first-order valence-corrected chi connectivity index (χ1v) is 6.66. The lowest BCUT2D eigenvalue weighted by molar-refractivity contribution is 0.0181. The number of rotatable bonds is 3. The van der Waals surface area contributed by atoms with E-state index >= 15 is 0 Å². The van der Waals surface area contributed by atoms with Gasteiger partial charge >= 0.3 is 0 Å². The maximum Gasteiger partial charge on any atom is 0.110 e. The molecule has 0 saturated carbocycles. The van der Waals surface area contributed by atoms with Crippen molar-refractivity contribution in [2.24, 2.45) is 0 Å². The molecular weight excluding hydrogens is 248 g/mol. The molecule has 2 atom stereocenters. The molecule has 2 heteroatoms. The van der Waals surface area contributed by atoms with E-state index in [9.17, 15) is 10.2 Å². The van der Waals surface area contributed by atoms with E-state index in [0.29, 0.717) is 5.56 Å². The summed E-state index contributed by atoms with van der Waals surface area (Å²) in [6.45, 7) is 0. The molecule has 2 N–H and O–H groups in total. The van der Waals surface area contributed by atoms with Crippen LogP contribution in [-0.2, 0) is 0 Å². The molecule has 0 aliphatic carbocycles. The van der Waals surface area contributed by atoms with Crippen LogP contribution < -0.4 is 0 Å². The summed E-state index contributed by atoms with van der Waals surface area (Å²) in [5, 5.41) is 22.9. The van der Waals surface area contributed by atoms with Crippen molar-refractivity contribution in [2.45, 2.75) is 12.2 Å². The smallest absolute Gasteiger partial charge is 0.110 e. The molecule has 3 rings (SSSR count). The highest BCUT2D eigenvalue weighted by Crippen LogP contribution is 2.32. The summed E-state index contributed by atoms with van der Waals surface area (Å²) in [6.07, 6.45) is -1.87. The monoisotopic (exact) mass is 264 g/mol. The van der Waals surface area contributed by atoms with Crippen molar-refractivity contribution in [3.8, 4) is 0 Å². The number of aliphatic hydroxyl groups is 2. The van der Waals surface area contributed by atoms with Crippen LogP contribution in [0.25, 0.3) is 10.8 Å². The lowest BCUT2D eigenvalue weighted by Gasteiger charge is -2.20. The molecule has 20 heavy (non-hydrogen) atoms. The van der Waals surface area contributed by atoms with Crippen molar-refractivity contribution in [1.29, 1.82) is 0 Å². The molecule has 0 spiro atoms. The van der Waals surface area contributed by atoms with Gasteiger partial charge in [-0.15, -0.1) is 0 Å². The molecule has 2 nitrogen and oxygen atoms in total. The number of benzene rings is 3. The summed E-state index contributed by atoms with van der Waals surface area (Å²) >= 11 is 0. The van der Waals surface area contributed by atoms with Crippen LogP contribution in [0.3, 0.4) is 0 Å². The predicted molar refractivity (Wildman–Crippen MR) is 80.3 cm³/mol. The van der Waals surface area contributed by atoms with Crippen LogP contribution in [0.15, 0.2) is 72.8 Å². The highest BCUT2D eigenvalue weighted by atomic mass is 16.3. The summed E-state index contributed by atoms with van der Waals surface area (Å²) < 4.78 is 0. The first-order chi connectivity index (χ1) is 9.77. The molecule has 0 bridgehead atoms. The molecule has 0 aliphatic heterocycles. The Labute approximate surface area is 117 Å². The minimum Gasteiger partial charge on any atom is -0.385 e. The van der Waals surface area contributed by atoms with E-state index in [-0.39, 0.29) is 0 Å². The number of aliphatic hydroxyl groups excluding tert-OH is 2. The summed E-state index contributed by atoms with van der Waals surface area (Å²) in [7, 11) is 0. The quantitative estimate of drug-likeness (QED) is 0.758. The van der Waals surface area contributed by atoms with Crippen LogP contribution >= 0.6 is 0 Å². The lowest BCUT2D eigenvalue weighted by atomic mass is 9.94. The Balaban J connectivity index is 2.03. The molecule has 100 valence electrons. The van der Waals surface area contributed by atoms with E-state index in [4.69, 9.17) is 0 Å². The van der Waals surface area contributed by atoms with Gasteiger partial charge in [-0.25, -0.2) is 0 Å². The first-order valence-electron chi connectivity index (χ1n) is 6.66. The Kier molecular flexibility index (Phi) is 3.50. The molecule has 0 heterocycles. The number of hydrogen-bond acceptors (Lipinski definition) is 2. The zero-order chi connectivity index (χ0) is 13.9. The molecule has 3 aromatic rings. The number of hydrogen-bond donors (Lipinski definition) is 2. The fourth-order valence-corrected chi connectivity index (χ4v) is 2.51. The minimum absolute atomic E-state index is 0.716. The normalized spacial score (nSPS) is 14.1. The third-order valence-corrected chi connectivity index (χ3v) is 3.58. The molecule has 0 aliphatic rings.